The van der Waals surface area contributed by atoms with Crippen molar-refractivity contribution in [3.05, 3.63) is 84.4 Å². The Morgan fingerprint density at radius 3 is 2.23 bits per heavy atom. The van der Waals surface area contributed by atoms with Gasteiger partial charge < -0.3 is 19.5 Å². The molecule has 3 rings (SSSR count). The van der Waals surface area contributed by atoms with E-state index < -0.39 is 0 Å². The van der Waals surface area contributed by atoms with E-state index in [-0.39, 0.29) is 12.0 Å². The number of para-hydroxylation sites is 2. The van der Waals surface area contributed by atoms with E-state index in [2.05, 4.69) is 12.2 Å². The number of hydrogen-bond donors (Lipinski definition) is 1. The summed E-state index contributed by atoms with van der Waals surface area (Å²) in [5.74, 6) is 1.85. The SMILES string of the molecule is CCC(C)Oc1ccc(NC(=O)c2ccccc2OCCOc2ccccc2)cc1. The minimum atomic E-state index is -0.231. The molecule has 0 radical (unpaired) electrons. The molecule has 156 valence electrons. The maximum Gasteiger partial charge on any atom is 0.259 e. The van der Waals surface area contributed by atoms with Crippen LogP contribution in [0.5, 0.6) is 17.2 Å². The van der Waals surface area contributed by atoms with Crippen molar-refractivity contribution in [1.29, 1.82) is 0 Å². The molecule has 0 heterocycles. The van der Waals surface area contributed by atoms with Crippen LogP contribution in [0.15, 0.2) is 78.9 Å². The van der Waals surface area contributed by atoms with Crippen LogP contribution in [0.4, 0.5) is 5.69 Å². The highest BCUT2D eigenvalue weighted by molar-refractivity contribution is 6.06. The van der Waals surface area contributed by atoms with Gasteiger partial charge in [0.1, 0.15) is 30.5 Å². The third kappa shape index (κ3) is 6.27. The van der Waals surface area contributed by atoms with E-state index in [9.17, 15) is 4.79 Å². The average molecular weight is 405 g/mol. The summed E-state index contributed by atoms with van der Waals surface area (Å²) < 4.78 is 17.2. The Hall–Kier alpha value is -3.47. The van der Waals surface area contributed by atoms with Gasteiger partial charge in [0, 0.05) is 5.69 Å². The smallest absolute Gasteiger partial charge is 0.259 e. The number of carbonyl (C=O) groups excluding carboxylic acids is 1. The molecule has 0 aliphatic heterocycles. The number of carbonyl (C=O) groups is 1. The fourth-order valence-electron chi connectivity index (χ4n) is 2.74. The number of rotatable bonds is 10. The molecule has 0 fully saturated rings. The number of benzene rings is 3. The first-order chi connectivity index (χ1) is 14.7. The average Bonchev–Trinajstić information content (AvgIpc) is 2.79. The van der Waals surface area contributed by atoms with Crippen LogP contribution >= 0.6 is 0 Å². The fourth-order valence-corrected chi connectivity index (χ4v) is 2.74. The van der Waals surface area contributed by atoms with Crippen molar-refractivity contribution in [2.75, 3.05) is 18.5 Å². The Bertz CT molecular complexity index is 925. The van der Waals surface area contributed by atoms with E-state index in [1.807, 2.05) is 73.7 Å². The Balaban J connectivity index is 1.55. The molecule has 0 aliphatic rings. The van der Waals surface area contributed by atoms with E-state index in [0.717, 1.165) is 17.9 Å². The molecular formula is C25H27NO4. The van der Waals surface area contributed by atoms with E-state index in [4.69, 9.17) is 14.2 Å². The minimum absolute atomic E-state index is 0.153. The zero-order valence-electron chi connectivity index (χ0n) is 17.3. The van der Waals surface area contributed by atoms with E-state index in [1.54, 1.807) is 12.1 Å². The molecule has 0 aliphatic carbocycles. The highest BCUT2D eigenvalue weighted by Crippen LogP contribution is 2.22. The van der Waals surface area contributed by atoms with Gasteiger partial charge in [-0.15, -0.1) is 0 Å². The first-order valence-corrected chi connectivity index (χ1v) is 10.1. The van der Waals surface area contributed by atoms with Crippen molar-refractivity contribution in [2.24, 2.45) is 0 Å². The molecule has 0 spiro atoms. The molecule has 1 unspecified atom stereocenters. The number of nitrogens with one attached hydrogen (secondary N) is 1. The minimum Gasteiger partial charge on any atom is -0.491 e. The summed E-state index contributed by atoms with van der Waals surface area (Å²) in [5.41, 5.74) is 1.16. The van der Waals surface area contributed by atoms with Gasteiger partial charge in [-0.25, -0.2) is 0 Å². The van der Waals surface area contributed by atoms with Gasteiger partial charge >= 0.3 is 0 Å². The maximum atomic E-state index is 12.7. The molecule has 0 bridgehead atoms. The van der Waals surface area contributed by atoms with E-state index in [0.29, 0.717) is 30.2 Å². The number of amides is 1. The Labute approximate surface area is 177 Å². The molecule has 5 heteroatoms. The van der Waals surface area contributed by atoms with Crippen LogP contribution in [-0.4, -0.2) is 25.2 Å². The second-order valence-electron chi connectivity index (χ2n) is 6.82. The largest absolute Gasteiger partial charge is 0.491 e. The quantitative estimate of drug-likeness (QED) is 0.448. The predicted molar refractivity (Wildman–Crippen MR) is 119 cm³/mol. The summed E-state index contributed by atoms with van der Waals surface area (Å²) in [6.07, 6.45) is 1.09. The van der Waals surface area contributed by atoms with Gasteiger partial charge in [-0.3, -0.25) is 4.79 Å². The molecule has 5 nitrogen and oxygen atoms in total. The fraction of sp³-hybridized carbons (Fsp3) is 0.240. The molecular weight excluding hydrogens is 378 g/mol. The van der Waals surface area contributed by atoms with Gasteiger partial charge in [-0.1, -0.05) is 37.3 Å². The first kappa shape index (κ1) is 21.2. The standard InChI is InChI=1S/C25H27NO4/c1-3-19(2)30-22-15-13-20(14-16-22)26-25(27)23-11-7-8-12-24(23)29-18-17-28-21-9-5-4-6-10-21/h4-16,19H,3,17-18H2,1-2H3,(H,26,27). The maximum absolute atomic E-state index is 12.7. The second-order valence-corrected chi connectivity index (χ2v) is 6.82. The normalized spacial score (nSPS) is 11.4. The molecule has 0 saturated heterocycles. The van der Waals surface area contributed by atoms with Gasteiger partial charge in [0.25, 0.3) is 5.91 Å². The second kappa shape index (κ2) is 10.9. The Kier molecular flexibility index (Phi) is 7.72. The van der Waals surface area contributed by atoms with Crippen LogP contribution in [0.3, 0.4) is 0 Å². The number of anilines is 1. The first-order valence-electron chi connectivity index (χ1n) is 10.1. The van der Waals surface area contributed by atoms with Crippen LogP contribution in [0.1, 0.15) is 30.6 Å². The van der Waals surface area contributed by atoms with Crippen LogP contribution < -0.4 is 19.5 Å². The van der Waals surface area contributed by atoms with Crippen molar-refractivity contribution < 1.29 is 19.0 Å². The molecule has 0 aromatic heterocycles. The van der Waals surface area contributed by atoms with Crippen LogP contribution in [0.25, 0.3) is 0 Å². The monoisotopic (exact) mass is 405 g/mol. The third-order valence-electron chi connectivity index (χ3n) is 4.51. The molecule has 1 N–H and O–H groups in total. The lowest BCUT2D eigenvalue weighted by Gasteiger charge is -2.14. The summed E-state index contributed by atoms with van der Waals surface area (Å²) in [5, 5.41) is 2.90. The molecule has 3 aromatic carbocycles. The van der Waals surface area contributed by atoms with Crippen LogP contribution in [0.2, 0.25) is 0 Å². The summed E-state index contributed by atoms with van der Waals surface area (Å²) in [4.78, 5) is 12.7. The van der Waals surface area contributed by atoms with Gasteiger partial charge in [0.05, 0.1) is 11.7 Å². The van der Waals surface area contributed by atoms with Crippen molar-refractivity contribution in [3.63, 3.8) is 0 Å². The lowest BCUT2D eigenvalue weighted by atomic mass is 10.2. The Morgan fingerprint density at radius 1 is 0.833 bits per heavy atom. The van der Waals surface area contributed by atoms with Crippen molar-refractivity contribution in [3.8, 4) is 17.2 Å². The Morgan fingerprint density at radius 2 is 1.50 bits per heavy atom. The topological polar surface area (TPSA) is 56.8 Å². The zero-order valence-corrected chi connectivity index (χ0v) is 17.3. The van der Waals surface area contributed by atoms with Crippen molar-refractivity contribution >= 4 is 11.6 Å². The number of hydrogen-bond acceptors (Lipinski definition) is 4. The van der Waals surface area contributed by atoms with Crippen LogP contribution in [0, 0.1) is 0 Å². The summed E-state index contributed by atoms with van der Waals surface area (Å²) in [7, 11) is 0. The van der Waals surface area contributed by atoms with Gasteiger partial charge in [-0.2, -0.15) is 0 Å². The summed E-state index contributed by atoms with van der Waals surface area (Å²) >= 11 is 0. The van der Waals surface area contributed by atoms with Gasteiger partial charge in [0.2, 0.25) is 0 Å². The van der Waals surface area contributed by atoms with Gasteiger partial charge in [0.15, 0.2) is 0 Å². The summed E-state index contributed by atoms with van der Waals surface area (Å²) in [6.45, 7) is 4.82. The molecule has 3 aromatic rings. The lowest BCUT2D eigenvalue weighted by molar-refractivity contribution is 0.102. The van der Waals surface area contributed by atoms with Crippen molar-refractivity contribution in [2.45, 2.75) is 26.4 Å². The molecule has 1 atom stereocenters. The van der Waals surface area contributed by atoms with E-state index >= 15 is 0 Å². The predicted octanol–water partition coefficient (Wildman–Crippen LogP) is 5.57. The summed E-state index contributed by atoms with van der Waals surface area (Å²) in [6, 6.07) is 24.1. The third-order valence-corrected chi connectivity index (χ3v) is 4.51. The van der Waals surface area contributed by atoms with Crippen LogP contribution in [-0.2, 0) is 0 Å². The molecule has 1 amide bonds. The molecule has 30 heavy (non-hydrogen) atoms. The highest BCUT2D eigenvalue weighted by atomic mass is 16.5. The number of ether oxygens (including phenoxy) is 3. The van der Waals surface area contributed by atoms with Crippen molar-refractivity contribution in [1.82, 2.24) is 0 Å². The molecule has 0 saturated carbocycles. The highest BCUT2D eigenvalue weighted by Gasteiger charge is 2.13. The van der Waals surface area contributed by atoms with Gasteiger partial charge in [-0.05, 0) is 61.9 Å². The zero-order chi connectivity index (χ0) is 21.2. The van der Waals surface area contributed by atoms with E-state index in [1.165, 1.54) is 0 Å². The lowest BCUT2D eigenvalue weighted by Crippen LogP contribution is -2.15.